The van der Waals surface area contributed by atoms with Crippen LogP contribution >= 0.6 is 0 Å². The summed E-state index contributed by atoms with van der Waals surface area (Å²) in [5.41, 5.74) is 0.679. The Labute approximate surface area is 201 Å². The van der Waals surface area contributed by atoms with Gasteiger partial charge in [-0.1, -0.05) is 42.5 Å². The Bertz CT molecular complexity index is 1320. The molecular formula is C26H24FN3O5. The van der Waals surface area contributed by atoms with E-state index in [-0.39, 0.29) is 17.3 Å². The summed E-state index contributed by atoms with van der Waals surface area (Å²) in [6.07, 6.45) is 0. The first-order chi connectivity index (χ1) is 16.9. The van der Waals surface area contributed by atoms with Gasteiger partial charge in [0.15, 0.2) is 17.0 Å². The highest BCUT2D eigenvalue weighted by atomic mass is 19.1. The second-order valence-electron chi connectivity index (χ2n) is 8.79. The number of amides is 1. The van der Waals surface area contributed by atoms with Crippen LogP contribution in [0.1, 0.15) is 29.5 Å². The number of halogens is 1. The zero-order chi connectivity index (χ0) is 24.7. The first-order valence-corrected chi connectivity index (χ1v) is 11.2. The molecule has 8 nitrogen and oxygen atoms in total. The van der Waals surface area contributed by atoms with Crippen LogP contribution in [-0.4, -0.2) is 30.0 Å². The Hall–Kier alpha value is -3.98. The molecule has 2 aliphatic rings. The molecule has 3 aromatic carbocycles. The van der Waals surface area contributed by atoms with E-state index < -0.39 is 29.4 Å². The van der Waals surface area contributed by atoms with E-state index in [1.54, 1.807) is 60.7 Å². The third-order valence-electron chi connectivity index (χ3n) is 6.88. The lowest BCUT2D eigenvalue weighted by molar-refractivity contribution is -0.532. The molecule has 4 atom stereocenters. The number of carbonyl (C=O) groups excluding carboxylic acids is 1. The fourth-order valence-electron chi connectivity index (χ4n) is 5.34. The standard InChI is InChI=1S/C26H24FN3O5/c1-15-23(24(30(32)33)26(29-15)18-8-4-6-10-20(18)28-25(26)31)16-11-12-21(22(13-16)34-2)35-14-17-7-3-5-9-19(17)27/h3-13,15,23-24,29H,14H2,1-2H3,(H,28,31)/t15-,23-,24-,26-/m0/s1. The van der Waals surface area contributed by atoms with Gasteiger partial charge in [-0.15, -0.1) is 0 Å². The third-order valence-corrected chi connectivity index (χ3v) is 6.88. The van der Waals surface area contributed by atoms with Crippen molar-refractivity contribution in [3.63, 3.8) is 0 Å². The number of benzene rings is 3. The number of hydrogen-bond donors (Lipinski definition) is 2. The summed E-state index contributed by atoms with van der Waals surface area (Å²) in [6, 6.07) is 16.8. The maximum absolute atomic E-state index is 14.0. The number of rotatable bonds is 6. The number of anilines is 1. The fraction of sp³-hybridized carbons (Fsp3) is 0.269. The number of ether oxygens (including phenoxy) is 2. The van der Waals surface area contributed by atoms with Crippen molar-refractivity contribution >= 4 is 11.6 Å². The van der Waals surface area contributed by atoms with Crippen LogP contribution in [0.2, 0.25) is 0 Å². The zero-order valence-electron chi connectivity index (χ0n) is 19.2. The Balaban J connectivity index is 1.50. The van der Waals surface area contributed by atoms with Gasteiger partial charge in [-0.3, -0.25) is 20.2 Å². The number of nitrogens with one attached hydrogen (secondary N) is 2. The molecule has 0 bridgehead atoms. The van der Waals surface area contributed by atoms with Crippen molar-refractivity contribution in [1.82, 2.24) is 5.32 Å². The maximum Gasteiger partial charge on any atom is 0.256 e. The van der Waals surface area contributed by atoms with Crippen LogP contribution in [0.4, 0.5) is 10.1 Å². The van der Waals surface area contributed by atoms with Gasteiger partial charge in [0.1, 0.15) is 12.4 Å². The van der Waals surface area contributed by atoms with Gasteiger partial charge >= 0.3 is 0 Å². The van der Waals surface area contributed by atoms with Crippen LogP contribution in [0.15, 0.2) is 66.7 Å². The number of methoxy groups -OCH3 is 1. The van der Waals surface area contributed by atoms with Gasteiger partial charge in [0.2, 0.25) is 0 Å². The summed E-state index contributed by atoms with van der Waals surface area (Å²) in [4.78, 5) is 25.2. The molecule has 0 aliphatic carbocycles. The summed E-state index contributed by atoms with van der Waals surface area (Å²) < 4.78 is 25.3. The van der Waals surface area contributed by atoms with Crippen molar-refractivity contribution in [2.75, 3.05) is 12.4 Å². The third kappa shape index (κ3) is 3.59. The summed E-state index contributed by atoms with van der Waals surface area (Å²) in [5, 5.41) is 18.5. The summed E-state index contributed by atoms with van der Waals surface area (Å²) in [6.45, 7) is 1.83. The molecule has 1 fully saturated rings. The van der Waals surface area contributed by atoms with E-state index in [9.17, 15) is 19.3 Å². The highest BCUT2D eigenvalue weighted by Crippen LogP contribution is 2.50. The lowest BCUT2D eigenvalue weighted by Gasteiger charge is -2.25. The number of para-hydroxylation sites is 1. The van der Waals surface area contributed by atoms with Crippen LogP contribution in [0, 0.1) is 15.9 Å². The Morgan fingerprint density at radius 2 is 1.83 bits per heavy atom. The molecule has 0 aromatic heterocycles. The smallest absolute Gasteiger partial charge is 0.256 e. The van der Waals surface area contributed by atoms with Crippen LogP contribution in [0.5, 0.6) is 11.5 Å². The Kier molecular flexibility index (Phi) is 5.64. The van der Waals surface area contributed by atoms with Crippen molar-refractivity contribution in [1.29, 1.82) is 0 Å². The minimum absolute atomic E-state index is 0.00135. The molecule has 180 valence electrons. The number of hydrogen-bond acceptors (Lipinski definition) is 6. The lowest BCUT2D eigenvalue weighted by atomic mass is 9.78. The van der Waals surface area contributed by atoms with Crippen LogP contribution in [0.3, 0.4) is 0 Å². The topological polar surface area (TPSA) is 103 Å². The molecule has 1 spiro atoms. The number of nitrogens with zero attached hydrogens (tertiary/aromatic N) is 1. The fourth-order valence-corrected chi connectivity index (χ4v) is 5.34. The largest absolute Gasteiger partial charge is 0.493 e. The molecule has 5 rings (SSSR count). The van der Waals surface area contributed by atoms with Gasteiger partial charge in [0, 0.05) is 27.8 Å². The van der Waals surface area contributed by atoms with Gasteiger partial charge in [-0.05, 0) is 36.8 Å². The van der Waals surface area contributed by atoms with E-state index in [0.717, 1.165) is 0 Å². The van der Waals surface area contributed by atoms with E-state index in [1.807, 2.05) is 6.92 Å². The van der Waals surface area contributed by atoms with Crippen molar-refractivity contribution in [2.24, 2.45) is 0 Å². The molecule has 9 heteroatoms. The minimum Gasteiger partial charge on any atom is -0.493 e. The molecule has 0 radical (unpaired) electrons. The normalized spacial score (nSPS) is 24.8. The SMILES string of the molecule is COc1cc([C@@H]2[C@H](C)N[C@]3(C(=O)Nc4ccccc43)[C@H]2[N+](=O)[O-])ccc1OCc1ccccc1F. The quantitative estimate of drug-likeness (QED) is 0.411. The maximum atomic E-state index is 14.0. The first kappa shape index (κ1) is 22.8. The monoisotopic (exact) mass is 477 g/mol. The van der Waals surface area contributed by atoms with Gasteiger partial charge in [0.25, 0.3) is 11.9 Å². The van der Waals surface area contributed by atoms with E-state index in [1.165, 1.54) is 13.2 Å². The molecule has 0 saturated carbocycles. The number of nitro groups is 1. The predicted molar refractivity (Wildman–Crippen MR) is 127 cm³/mol. The van der Waals surface area contributed by atoms with Gasteiger partial charge in [0.05, 0.1) is 13.0 Å². The van der Waals surface area contributed by atoms with E-state index in [4.69, 9.17) is 9.47 Å². The van der Waals surface area contributed by atoms with E-state index in [0.29, 0.717) is 33.9 Å². The Morgan fingerprint density at radius 1 is 1.09 bits per heavy atom. The van der Waals surface area contributed by atoms with E-state index in [2.05, 4.69) is 10.6 Å². The molecule has 2 N–H and O–H groups in total. The van der Waals surface area contributed by atoms with Crippen molar-refractivity contribution in [3.05, 3.63) is 99.4 Å². The lowest BCUT2D eigenvalue weighted by Crippen LogP contribution is -2.54. The second kappa shape index (κ2) is 8.66. The highest BCUT2D eigenvalue weighted by molar-refractivity contribution is 6.07. The van der Waals surface area contributed by atoms with E-state index >= 15 is 0 Å². The minimum atomic E-state index is -1.49. The molecule has 1 saturated heterocycles. The summed E-state index contributed by atoms with van der Waals surface area (Å²) >= 11 is 0. The molecule has 1 amide bonds. The van der Waals surface area contributed by atoms with Crippen molar-refractivity contribution in [2.45, 2.75) is 37.1 Å². The van der Waals surface area contributed by atoms with Gasteiger partial charge in [-0.25, -0.2) is 4.39 Å². The van der Waals surface area contributed by atoms with Crippen molar-refractivity contribution in [3.8, 4) is 11.5 Å². The Morgan fingerprint density at radius 3 is 2.57 bits per heavy atom. The zero-order valence-corrected chi connectivity index (χ0v) is 19.2. The number of carbonyl (C=O) groups is 1. The first-order valence-electron chi connectivity index (χ1n) is 11.2. The summed E-state index contributed by atoms with van der Waals surface area (Å²) in [7, 11) is 1.47. The van der Waals surface area contributed by atoms with Gasteiger partial charge in [-0.2, -0.15) is 0 Å². The molecule has 2 aliphatic heterocycles. The average molecular weight is 477 g/mol. The second-order valence-corrected chi connectivity index (χ2v) is 8.79. The molecule has 2 heterocycles. The molecule has 35 heavy (non-hydrogen) atoms. The summed E-state index contributed by atoms with van der Waals surface area (Å²) in [5.74, 6) is -0.689. The number of fused-ring (bicyclic) bond motifs is 2. The predicted octanol–water partition coefficient (Wildman–Crippen LogP) is 3.98. The average Bonchev–Trinajstić information content (AvgIpc) is 3.32. The van der Waals surface area contributed by atoms with Crippen LogP contribution in [0.25, 0.3) is 0 Å². The molecular weight excluding hydrogens is 453 g/mol. The van der Waals surface area contributed by atoms with Crippen LogP contribution in [-0.2, 0) is 16.9 Å². The molecule has 3 aromatic rings. The van der Waals surface area contributed by atoms with Gasteiger partial charge < -0.3 is 14.8 Å². The van der Waals surface area contributed by atoms with Crippen LogP contribution < -0.4 is 20.1 Å². The van der Waals surface area contributed by atoms with Crippen molar-refractivity contribution < 1.29 is 23.6 Å². The highest BCUT2D eigenvalue weighted by Gasteiger charge is 2.67. The molecule has 0 unspecified atom stereocenters.